The highest BCUT2D eigenvalue weighted by atomic mass is 32.2. The van der Waals surface area contributed by atoms with E-state index in [9.17, 15) is 0 Å². The molecule has 16 heavy (non-hydrogen) atoms. The van der Waals surface area contributed by atoms with Crippen molar-refractivity contribution >= 4 is 11.8 Å². The van der Waals surface area contributed by atoms with Gasteiger partial charge in [0, 0.05) is 11.8 Å². The fourth-order valence-corrected chi connectivity index (χ4v) is 3.07. The van der Waals surface area contributed by atoms with E-state index in [4.69, 9.17) is 0 Å². The van der Waals surface area contributed by atoms with Crippen molar-refractivity contribution in [2.45, 2.75) is 65.3 Å². The minimum atomic E-state index is 0.721. The van der Waals surface area contributed by atoms with Gasteiger partial charge in [-0.05, 0) is 31.6 Å². The number of hydrogen-bond donors (Lipinski definition) is 1. The molecule has 0 aromatic heterocycles. The fraction of sp³-hybridized carbons (Fsp3) is 1.00. The highest BCUT2D eigenvalue weighted by Crippen LogP contribution is 2.20. The second-order valence-corrected chi connectivity index (χ2v) is 5.86. The largest absolute Gasteiger partial charge is 0.316 e. The fourth-order valence-electron chi connectivity index (χ4n) is 2.02. The van der Waals surface area contributed by atoms with Crippen LogP contribution in [0, 0.1) is 5.92 Å². The van der Waals surface area contributed by atoms with Gasteiger partial charge in [-0.2, -0.15) is 11.8 Å². The van der Waals surface area contributed by atoms with Crippen molar-refractivity contribution in [1.29, 1.82) is 0 Å². The maximum absolute atomic E-state index is 3.48. The molecule has 2 atom stereocenters. The summed E-state index contributed by atoms with van der Waals surface area (Å²) in [6, 6.07) is 0.721. The van der Waals surface area contributed by atoms with E-state index in [2.05, 4.69) is 44.9 Å². The molecule has 0 aromatic carbocycles. The van der Waals surface area contributed by atoms with E-state index < -0.39 is 0 Å². The van der Waals surface area contributed by atoms with Crippen LogP contribution in [0.2, 0.25) is 0 Å². The first-order valence-electron chi connectivity index (χ1n) is 7.03. The molecular weight excluding hydrogens is 214 g/mol. The van der Waals surface area contributed by atoms with Gasteiger partial charge in [0.1, 0.15) is 0 Å². The smallest absolute Gasteiger partial charge is 0.0157 e. The third kappa shape index (κ3) is 8.46. The molecule has 0 saturated carbocycles. The molecule has 0 bridgehead atoms. The molecule has 0 aliphatic rings. The van der Waals surface area contributed by atoms with Crippen LogP contribution in [0.25, 0.3) is 0 Å². The predicted octanol–water partition coefficient (Wildman–Crippen LogP) is 4.32. The molecule has 0 spiro atoms. The number of hydrogen-bond acceptors (Lipinski definition) is 2. The van der Waals surface area contributed by atoms with Gasteiger partial charge < -0.3 is 5.32 Å². The van der Waals surface area contributed by atoms with Crippen molar-refractivity contribution in [3.05, 3.63) is 0 Å². The summed E-state index contributed by atoms with van der Waals surface area (Å²) in [5, 5.41) is 3.48. The SMILES string of the molecule is CCCCC(CC)CC(CSCCC)NC. The van der Waals surface area contributed by atoms with Gasteiger partial charge in [0.15, 0.2) is 0 Å². The average Bonchev–Trinajstić information content (AvgIpc) is 2.32. The molecule has 2 heteroatoms. The second-order valence-electron chi connectivity index (χ2n) is 4.71. The topological polar surface area (TPSA) is 12.0 Å². The summed E-state index contributed by atoms with van der Waals surface area (Å²) >= 11 is 2.10. The minimum absolute atomic E-state index is 0.721. The first kappa shape index (κ1) is 16.3. The molecule has 0 radical (unpaired) electrons. The summed E-state index contributed by atoms with van der Waals surface area (Å²) in [6.07, 6.45) is 8.17. The van der Waals surface area contributed by atoms with Crippen LogP contribution < -0.4 is 5.32 Å². The van der Waals surface area contributed by atoms with Crippen molar-refractivity contribution in [3.63, 3.8) is 0 Å². The molecular formula is C14H31NS. The van der Waals surface area contributed by atoms with Gasteiger partial charge in [0.2, 0.25) is 0 Å². The van der Waals surface area contributed by atoms with Crippen LogP contribution >= 0.6 is 11.8 Å². The van der Waals surface area contributed by atoms with Crippen molar-refractivity contribution in [2.24, 2.45) is 5.92 Å². The predicted molar refractivity (Wildman–Crippen MR) is 78.4 cm³/mol. The van der Waals surface area contributed by atoms with Crippen LogP contribution in [0.3, 0.4) is 0 Å². The van der Waals surface area contributed by atoms with E-state index >= 15 is 0 Å². The van der Waals surface area contributed by atoms with E-state index in [1.807, 2.05) is 0 Å². The lowest BCUT2D eigenvalue weighted by Crippen LogP contribution is -2.30. The Hall–Kier alpha value is 0.310. The maximum atomic E-state index is 3.48. The Labute approximate surface area is 107 Å². The quantitative estimate of drug-likeness (QED) is 0.544. The van der Waals surface area contributed by atoms with Crippen LogP contribution in [0.4, 0.5) is 0 Å². The van der Waals surface area contributed by atoms with Crippen LogP contribution in [0.1, 0.15) is 59.3 Å². The minimum Gasteiger partial charge on any atom is -0.316 e. The molecule has 0 heterocycles. The van der Waals surface area contributed by atoms with Crippen molar-refractivity contribution in [1.82, 2.24) is 5.32 Å². The third-order valence-electron chi connectivity index (χ3n) is 3.24. The van der Waals surface area contributed by atoms with Crippen LogP contribution in [-0.4, -0.2) is 24.6 Å². The summed E-state index contributed by atoms with van der Waals surface area (Å²) in [5.41, 5.74) is 0. The normalized spacial score (nSPS) is 15.0. The first-order valence-corrected chi connectivity index (χ1v) is 8.18. The van der Waals surface area contributed by atoms with Crippen LogP contribution in [0.5, 0.6) is 0 Å². The maximum Gasteiger partial charge on any atom is 0.0157 e. The lowest BCUT2D eigenvalue weighted by atomic mass is 9.93. The Kier molecular flexibility index (Phi) is 12.0. The molecule has 2 unspecified atom stereocenters. The Morgan fingerprint density at radius 3 is 2.38 bits per heavy atom. The summed E-state index contributed by atoms with van der Waals surface area (Å²) < 4.78 is 0. The lowest BCUT2D eigenvalue weighted by Gasteiger charge is -2.22. The summed E-state index contributed by atoms with van der Waals surface area (Å²) in [5.74, 6) is 3.52. The Morgan fingerprint density at radius 2 is 1.88 bits per heavy atom. The molecule has 0 rings (SSSR count). The molecule has 1 nitrogen and oxygen atoms in total. The van der Waals surface area contributed by atoms with E-state index in [0.717, 1.165) is 12.0 Å². The zero-order valence-corrected chi connectivity index (χ0v) is 12.5. The van der Waals surface area contributed by atoms with Crippen molar-refractivity contribution < 1.29 is 0 Å². The number of unbranched alkanes of at least 4 members (excludes halogenated alkanes) is 1. The summed E-state index contributed by atoms with van der Waals surface area (Å²) in [6.45, 7) is 6.89. The van der Waals surface area contributed by atoms with Gasteiger partial charge in [0.25, 0.3) is 0 Å². The summed E-state index contributed by atoms with van der Waals surface area (Å²) in [4.78, 5) is 0. The van der Waals surface area contributed by atoms with E-state index in [-0.39, 0.29) is 0 Å². The van der Waals surface area contributed by atoms with Gasteiger partial charge in [-0.1, -0.05) is 46.5 Å². The zero-order valence-electron chi connectivity index (χ0n) is 11.7. The van der Waals surface area contributed by atoms with Gasteiger partial charge in [-0.3, -0.25) is 0 Å². The molecule has 98 valence electrons. The Morgan fingerprint density at radius 1 is 1.12 bits per heavy atom. The van der Waals surface area contributed by atoms with Gasteiger partial charge >= 0.3 is 0 Å². The number of rotatable bonds is 11. The van der Waals surface area contributed by atoms with Crippen LogP contribution in [-0.2, 0) is 0 Å². The Bertz CT molecular complexity index is 139. The Balaban J connectivity index is 3.77. The highest BCUT2D eigenvalue weighted by molar-refractivity contribution is 7.99. The molecule has 0 saturated heterocycles. The van der Waals surface area contributed by atoms with Gasteiger partial charge in [-0.15, -0.1) is 0 Å². The second kappa shape index (κ2) is 11.8. The highest BCUT2D eigenvalue weighted by Gasteiger charge is 2.13. The molecule has 1 N–H and O–H groups in total. The van der Waals surface area contributed by atoms with E-state index in [1.54, 1.807) is 0 Å². The molecule has 0 fully saturated rings. The summed E-state index contributed by atoms with van der Waals surface area (Å²) in [7, 11) is 2.11. The standard InChI is InChI=1S/C14H31NS/c1-5-8-9-13(7-3)11-14(15-4)12-16-10-6-2/h13-15H,5-12H2,1-4H3. The molecule has 0 amide bonds. The van der Waals surface area contributed by atoms with E-state index in [0.29, 0.717) is 0 Å². The monoisotopic (exact) mass is 245 g/mol. The number of nitrogens with one attached hydrogen (secondary N) is 1. The van der Waals surface area contributed by atoms with E-state index in [1.165, 1.54) is 50.0 Å². The van der Waals surface area contributed by atoms with Crippen molar-refractivity contribution in [2.75, 3.05) is 18.6 Å². The third-order valence-corrected chi connectivity index (χ3v) is 4.57. The molecule has 0 aromatic rings. The van der Waals surface area contributed by atoms with Gasteiger partial charge in [0.05, 0.1) is 0 Å². The number of thioether (sulfide) groups is 1. The van der Waals surface area contributed by atoms with Crippen molar-refractivity contribution in [3.8, 4) is 0 Å². The molecule has 0 aliphatic heterocycles. The van der Waals surface area contributed by atoms with Crippen LogP contribution in [0.15, 0.2) is 0 Å². The van der Waals surface area contributed by atoms with Gasteiger partial charge in [-0.25, -0.2) is 0 Å². The lowest BCUT2D eigenvalue weighted by molar-refractivity contribution is 0.375. The first-order chi connectivity index (χ1) is 7.78. The average molecular weight is 245 g/mol. The zero-order chi connectivity index (χ0) is 12.2. The molecule has 0 aliphatic carbocycles.